The van der Waals surface area contributed by atoms with E-state index in [9.17, 15) is 5.11 Å². The molecule has 3 nitrogen and oxygen atoms in total. The summed E-state index contributed by atoms with van der Waals surface area (Å²) in [5, 5.41) is 9.82. The van der Waals surface area contributed by atoms with Gasteiger partial charge in [0, 0.05) is 18.5 Å². The fraction of sp³-hybridized carbons (Fsp3) is 1.00. The van der Waals surface area contributed by atoms with Crippen LogP contribution in [0.1, 0.15) is 46.5 Å². The summed E-state index contributed by atoms with van der Waals surface area (Å²) in [6.45, 7) is 13.7. The highest BCUT2D eigenvalue weighted by Crippen LogP contribution is 2.26. The lowest BCUT2D eigenvalue weighted by Crippen LogP contribution is -2.45. The third kappa shape index (κ3) is 4.44. The van der Waals surface area contributed by atoms with Crippen LogP contribution >= 0.6 is 0 Å². The zero-order valence-electron chi connectivity index (χ0n) is 13.1. The Balaban J connectivity index is 1.70. The minimum absolute atomic E-state index is 0.0157. The van der Waals surface area contributed by atoms with Gasteiger partial charge >= 0.3 is 0 Å². The average molecular weight is 268 g/mol. The van der Waals surface area contributed by atoms with Crippen LogP contribution in [0.25, 0.3) is 0 Å². The molecule has 0 bridgehead atoms. The summed E-state index contributed by atoms with van der Waals surface area (Å²) < 4.78 is 0. The number of likely N-dealkylation sites (tertiary alicyclic amines) is 2. The van der Waals surface area contributed by atoms with Gasteiger partial charge in [-0.1, -0.05) is 13.8 Å². The van der Waals surface area contributed by atoms with E-state index in [1.54, 1.807) is 0 Å². The predicted molar refractivity (Wildman–Crippen MR) is 80.3 cm³/mol. The molecular weight excluding hydrogens is 236 g/mol. The Hall–Kier alpha value is -0.120. The molecule has 0 spiro atoms. The molecule has 2 saturated heterocycles. The first-order valence-electron chi connectivity index (χ1n) is 8.10. The van der Waals surface area contributed by atoms with E-state index in [-0.39, 0.29) is 11.5 Å². The Kier molecular flexibility index (Phi) is 5.27. The first-order chi connectivity index (χ1) is 8.97. The summed E-state index contributed by atoms with van der Waals surface area (Å²) >= 11 is 0. The number of aliphatic hydroxyl groups excluding tert-OH is 1. The smallest absolute Gasteiger partial charge is 0.0575 e. The minimum Gasteiger partial charge on any atom is -0.393 e. The predicted octanol–water partition coefficient (Wildman–Crippen LogP) is 2.20. The Morgan fingerprint density at radius 1 is 1.05 bits per heavy atom. The van der Waals surface area contributed by atoms with Gasteiger partial charge in [0.25, 0.3) is 0 Å². The Labute approximate surface area is 119 Å². The number of aliphatic hydroxyl groups is 1. The van der Waals surface area contributed by atoms with Crippen LogP contribution in [0.3, 0.4) is 0 Å². The molecule has 2 aliphatic heterocycles. The van der Waals surface area contributed by atoms with Gasteiger partial charge in [0.15, 0.2) is 0 Å². The lowest BCUT2D eigenvalue weighted by atomic mass is 9.85. The number of piperidine rings is 1. The van der Waals surface area contributed by atoms with Crippen LogP contribution in [0.15, 0.2) is 0 Å². The zero-order chi connectivity index (χ0) is 13.9. The van der Waals surface area contributed by atoms with E-state index in [1.165, 1.54) is 58.4 Å². The average Bonchev–Trinajstić information content (AvgIpc) is 2.84. The standard InChI is InChI=1S/C16H32N2O/c1-14(19)16(2,3)13-18-10-6-15(7-11-18)12-17-8-4-5-9-17/h14-15,19H,4-13H2,1-3H3. The Morgan fingerprint density at radius 2 is 1.63 bits per heavy atom. The first-order valence-corrected chi connectivity index (χ1v) is 8.10. The Morgan fingerprint density at radius 3 is 2.16 bits per heavy atom. The first kappa shape index (κ1) is 15.3. The molecule has 0 aromatic rings. The highest BCUT2D eigenvalue weighted by atomic mass is 16.3. The second-order valence-electron chi connectivity index (χ2n) is 7.39. The molecule has 0 aromatic carbocycles. The molecule has 112 valence electrons. The second kappa shape index (κ2) is 6.55. The van der Waals surface area contributed by atoms with Crippen molar-refractivity contribution in [3.63, 3.8) is 0 Å². The van der Waals surface area contributed by atoms with E-state index in [1.807, 2.05) is 6.92 Å². The molecule has 19 heavy (non-hydrogen) atoms. The number of nitrogens with zero attached hydrogens (tertiary/aromatic N) is 2. The number of hydrogen-bond donors (Lipinski definition) is 1. The molecular formula is C16H32N2O. The van der Waals surface area contributed by atoms with Gasteiger partial charge in [-0.25, -0.2) is 0 Å². The van der Waals surface area contributed by atoms with Crippen LogP contribution in [0.5, 0.6) is 0 Å². The van der Waals surface area contributed by atoms with Crippen molar-refractivity contribution in [2.24, 2.45) is 11.3 Å². The van der Waals surface area contributed by atoms with Crippen molar-refractivity contribution in [3.05, 3.63) is 0 Å². The monoisotopic (exact) mass is 268 g/mol. The third-order valence-electron chi connectivity index (χ3n) is 5.18. The normalized spacial score (nSPS) is 25.9. The van der Waals surface area contributed by atoms with Crippen LogP contribution < -0.4 is 0 Å². The molecule has 2 rings (SSSR count). The maximum Gasteiger partial charge on any atom is 0.0575 e. The van der Waals surface area contributed by atoms with Crippen LogP contribution in [-0.4, -0.2) is 60.3 Å². The van der Waals surface area contributed by atoms with Crippen LogP contribution in [0.2, 0.25) is 0 Å². The molecule has 2 aliphatic rings. The van der Waals surface area contributed by atoms with Gasteiger partial charge in [-0.05, 0) is 64.7 Å². The zero-order valence-corrected chi connectivity index (χ0v) is 13.1. The minimum atomic E-state index is -0.227. The molecule has 0 saturated carbocycles. The van der Waals surface area contributed by atoms with E-state index < -0.39 is 0 Å². The van der Waals surface area contributed by atoms with E-state index in [0.29, 0.717) is 0 Å². The van der Waals surface area contributed by atoms with Crippen molar-refractivity contribution in [2.75, 3.05) is 39.3 Å². The molecule has 0 aromatic heterocycles. The van der Waals surface area contributed by atoms with Gasteiger partial charge in [0.2, 0.25) is 0 Å². The van der Waals surface area contributed by atoms with Crippen LogP contribution in [0, 0.1) is 11.3 Å². The Bertz CT molecular complexity index is 264. The summed E-state index contributed by atoms with van der Waals surface area (Å²) in [7, 11) is 0. The highest BCUT2D eigenvalue weighted by Gasteiger charge is 2.29. The molecule has 2 fully saturated rings. The molecule has 1 unspecified atom stereocenters. The number of rotatable bonds is 5. The summed E-state index contributed by atoms with van der Waals surface area (Å²) in [6.07, 6.45) is 5.26. The van der Waals surface area contributed by atoms with Gasteiger partial charge in [0.1, 0.15) is 0 Å². The van der Waals surface area contributed by atoms with E-state index in [4.69, 9.17) is 0 Å². The third-order valence-corrected chi connectivity index (χ3v) is 5.18. The molecule has 1 atom stereocenters. The number of hydrogen-bond acceptors (Lipinski definition) is 3. The van der Waals surface area contributed by atoms with Gasteiger partial charge in [-0.3, -0.25) is 0 Å². The summed E-state index contributed by atoms with van der Waals surface area (Å²) in [6, 6.07) is 0. The molecule has 3 heteroatoms. The maximum atomic E-state index is 9.82. The van der Waals surface area contributed by atoms with Crippen molar-refractivity contribution in [3.8, 4) is 0 Å². The van der Waals surface area contributed by atoms with Crippen molar-refractivity contribution < 1.29 is 5.11 Å². The molecule has 1 N–H and O–H groups in total. The van der Waals surface area contributed by atoms with Crippen LogP contribution in [-0.2, 0) is 0 Å². The van der Waals surface area contributed by atoms with Crippen molar-refractivity contribution in [1.29, 1.82) is 0 Å². The largest absolute Gasteiger partial charge is 0.393 e. The molecule has 0 aliphatic carbocycles. The van der Waals surface area contributed by atoms with E-state index in [0.717, 1.165) is 12.5 Å². The lowest BCUT2D eigenvalue weighted by Gasteiger charge is -2.39. The van der Waals surface area contributed by atoms with Gasteiger partial charge in [0.05, 0.1) is 6.10 Å². The molecule has 0 amide bonds. The molecule has 0 radical (unpaired) electrons. The fourth-order valence-electron chi connectivity index (χ4n) is 3.37. The summed E-state index contributed by atoms with van der Waals surface area (Å²) in [4.78, 5) is 5.20. The highest BCUT2D eigenvalue weighted by molar-refractivity contribution is 4.83. The van der Waals surface area contributed by atoms with Crippen molar-refractivity contribution >= 4 is 0 Å². The fourth-order valence-corrected chi connectivity index (χ4v) is 3.37. The molecule has 2 heterocycles. The van der Waals surface area contributed by atoms with E-state index in [2.05, 4.69) is 23.6 Å². The summed E-state index contributed by atoms with van der Waals surface area (Å²) in [5.41, 5.74) is 0.0157. The van der Waals surface area contributed by atoms with Crippen molar-refractivity contribution in [2.45, 2.75) is 52.6 Å². The van der Waals surface area contributed by atoms with Gasteiger partial charge in [-0.2, -0.15) is 0 Å². The van der Waals surface area contributed by atoms with Crippen molar-refractivity contribution in [1.82, 2.24) is 9.80 Å². The maximum absolute atomic E-state index is 9.82. The van der Waals surface area contributed by atoms with E-state index >= 15 is 0 Å². The lowest BCUT2D eigenvalue weighted by molar-refractivity contribution is 0.0232. The van der Waals surface area contributed by atoms with Gasteiger partial charge in [-0.15, -0.1) is 0 Å². The summed E-state index contributed by atoms with van der Waals surface area (Å²) in [5.74, 6) is 0.906. The quantitative estimate of drug-likeness (QED) is 0.828. The van der Waals surface area contributed by atoms with Gasteiger partial charge < -0.3 is 14.9 Å². The SMILES string of the molecule is CC(O)C(C)(C)CN1CCC(CN2CCCC2)CC1. The van der Waals surface area contributed by atoms with Crippen LogP contribution in [0.4, 0.5) is 0 Å². The topological polar surface area (TPSA) is 26.7 Å². The second-order valence-corrected chi connectivity index (χ2v) is 7.39.